The van der Waals surface area contributed by atoms with Crippen LogP contribution in [-0.4, -0.2) is 99.3 Å². The van der Waals surface area contributed by atoms with Crippen molar-refractivity contribution in [1.29, 1.82) is 0 Å². The fourth-order valence-electron chi connectivity index (χ4n) is 6.64. The van der Waals surface area contributed by atoms with Crippen LogP contribution in [0.4, 0.5) is 0 Å². The smallest absolute Gasteiger partial charge is 0.462 e. The largest absolute Gasteiger partial charge is 0.472 e. The van der Waals surface area contributed by atoms with E-state index in [9.17, 15) is 39.5 Å². The van der Waals surface area contributed by atoms with Crippen LogP contribution in [0.1, 0.15) is 149 Å². The van der Waals surface area contributed by atoms with Gasteiger partial charge in [-0.1, -0.05) is 120 Å². The third kappa shape index (κ3) is 29.7. The number of esters is 2. The minimum absolute atomic E-state index is 0.0569. The second-order valence-corrected chi connectivity index (χ2v) is 17.1. The van der Waals surface area contributed by atoms with Crippen LogP contribution < -0.4 is 0 Å². The Labute approximate surface area is 360 Å². The maximum atomic E-state index is 12.7. The molecular formula is C46H79O13P. The Bertz CT molecular complexity index is 1300. The molecule has 1 saturated carbocycles. The van der Waals surface area contributed by atoms with Crippen LogP contribution in [0.25, 0.3) is 0 Å². The average molecular weight is 871 g/mol. The standard InChI is InChI=1S/C46H79O13P/c1-3-5-7-8-9-10-11-12-13-14-15-16-17-18-19-20-26-30-46(53)59-40(37-58-60(54,55)57-35-39(49)34-47)36-56-45(52)29-25-22-21-24-28-41-42(44(51)33-43(41)50)32-31-38(48)27-23-6-4-2/h9-10,12-13,15-16,21,24,31-32,38-44,47-51H,3-8,11,14,17-20,22-23,25-30,33-37H2,1-2H3,(H,54,55)/b10-9-,13-12-,16-15-,24-21+,32-31+/t38-,39-,40+,41+,42+,43-,44+/m0/s1. The van der Waals surface area contributed by atoms with Gasteiger partial charge in [0, 0.05) is 25.2 Å². The molecule has 0 amide bonds. The Balaban J connectivity index is 2.48. The number of allylic oxidation sites excluding steroid dienone is 8. The number of aliphatic hydroxyl groups excluding tert-OH is 5. The third-order valence-corrected chi connectivity index (χ3v) is 11.2. The maximum Gasteiger partial charge on any atom is 0.472 e. The summed E-state index contributed by atoms with van der Waals surface area (Å²) in [7, 11) is -4.69. The van der Waals surface area contributed by atoms with Gasteiger partial charge in [0.05, 0.1) is 38.1 Å². The van der Waals surface area contributed by atoms with E-state index in [0.29, 0.717) is 32.1 Å². The molecule has 60 heavy (non-hydrogen) atoms. The molecule has 6 N–H and O–H groups in total. The second kappa shape index (κ2) is 36.1. The van der Waals surface area contributed by atoms with Gasteiger partial charge in [-0.15, -0.1) is 0 Å². The van der Waals surface area contributed by atoms with Gasteiger partial charge < -0.3 is 39.9 Å². The summed E-state index contributed by atoms with van der Waals surface area (Å²) >= 11 is 0. The Morgan fingerprint density at radius 3 is 1.97 bits per heavy atom. The maximum absolute atomic E-state index is 12.7. The lowest BCUT2D eigenvalue weighted by Crippen LogP contribution is -2.29. The average Bonchev–Trinajstić information content (AvgIpc) is 3.49. The summed E-state index contributed by atoms with van der Waals surface area (Å²) in [4.78, 5) is 35.2. The highest BCUT2D eigenvalue weighted by Crippen LogP contribution is 2.43. The molecule has 0 radical (unpaired) electrons. The minimum Gasteiger partial charge on any atom is -0.462 e. The molecular weight excluding hydrogens is 791 g/mol. The summed E-state index contributed by atoms with van der Waals surface area (Å²) in [5.74, 6) is -1.59. The van der Waals surface area contributed by atoms with Gasteiger partial charge in [0.1, 0.15) is 12.7 Å². The summed E-state index contributed by atoms with van der Waals surface area (Å²) in [5.41, 5.74) is 0. The van der Waals surface area contributed by atoms with Crippen molar-refractivity contribution in [2.24, 2.45) is 11.8 Å². The van der Waals surface area contributed by atoms with Gasteiger partial charge in [0.2, 0.25) is 0 Å². The number of unbranched alkanes of at least 4 members (excludes halogenated alkanes) is 10. The summed E-state index contributed by atoms with van der Waals surface area (Å²) in [6.45, 7) is 1.94. The molecule has 13 nitrogen and oxygen atoms in total. The van der Waals surface area contributed by atoms with Crippen LogP contribution in [0.15, 0.2) is 60.8 Å². The van der Waals surface area contributed by atoms with Crippen molar-refractivity contribution < 1.29 is 63.1 Å². The molecule has 346 valence electrons. The van der Waals surface area contributed by atoms with Gasteiger partial charge in [-0.3, -0.25) is 18.6 Å². The van der Waals surface area contributed by atoms with Crippen molar-refractivity contribution >= 4 is 19.8 Å². The molecule has 14 heteroatoms. The molecule has 1 aliphatic rings. The Morgan fingerprint density at radius 2 is 1.28 bits per heavy atom. The first-order valence-electron chi connectivity index (χ1n) is 22.5. The van der Waals surface area contributed by atoms with E-state index in [-0.39, 0.29) is 31.1 Å². The molecule has 0 aromatic heterocycles. The molecule has 0 spiro atoms. The van der Waals surface area contributed by atoms with Crippen LogP contribution in [0.3, 0.4) is 0 Å². The Kier molecular flexibility index (Phi) is 33.4. The van der Waals surface area contributed by atoms with Crippen molar-refractivity contribution in [3.63, 3.8) is 0 Å². The van der Waals surface area contributed by atoms with Gasteiger partial charge in [-0.2, -0.15) is 0 Å². The normalized spacial score (nSPS) is 21.1. The predicted octanol–water partition coefficient (Wildman–Crippen LogP) is 8.27. The summed E-state index contributed by atoms with van der Waals surface area (Å²) < 4.78 is 32.7. The number of carbonyl (C=O) groups is 2. The van der Waals surface area contributed by atoms with E-state index in [4.69, 9.17) is 19.1 Å². The Morgan fingerprint density at radius 1 is 0.700 bits per heavy atom. The summed E-state index contributed by atoms with van der Waals surface area (Å²) in [6, 6.07) is 0. The number of aliphatic hydroxyl groups is 5. The minimum atomic E-state index is -4.69. The molecule has 1 aliphatic carbocycles. The lowest BCUT2D eigenvalue weighted by atomic mass is 9.89. The molecule has 0 bridgehead atoms. The van der Waals surface area contributed by atoms with Crippen LogP contribution in [0.5, 0.6) is 0 Å². The number of ether oxygens (including phenoxy) is 2. The molecule has 1 fully saturated rings. The van der Waals surface area contributed by atoms with Gasteiger partial charge >= 0.3 is 19.8 Å². The van der Waals surface area contributed by atoms with Crippen molar-refractivity contribution in [1.82, 2.24) is 0 Å². The van der Waals surface area contributed by atoms with Crippen LogP contribution in [0, 0.1) is 11.8 Å². The fourth-order valence-corrected chi connectivity index (χ4v) is 7.43. The molecule has 1 rings (SSSR count). The summed E-state index contributed by atoms with van der Waals surface area (Å²) in [5, 5.41) is 49.7. The molecule has 1 unspecified atom stereocenters. The van der Waals surface area contributed by atoms with Crippen molar-refractivity contribution in [2.45, 2.75) is 179 Å². The monoisotopic (exact) mass is 871 g/mol. The van der Waals surface area contributed by atoms with E-state index < -0.39 is 76.7 Å². The first kappa shape index (κ1) is 55.6. The molecule has 0 saturated heterocycles. The zero-order valence-corrected chi connectivity index (χ0v) is 37.4. The Hall–Kier alpha value is -2.45. The molecule has 0 aromatic carbocycles. The SMILES string of the molecule is CCCCC/C=C\C/C=C\C/C=C\CCCCCCC(=O)O[C@H](COC(=O)CCC/C=C/C[C@@H]1[C@@H](/C=C/[C@@H](O)CCCCC)[C@H](O)C[C@@H]1O)COP(=O)(O)OC[C@@H](O)CO. The van der Waals surface area contributed by atoms with Crippen LogP contribution in [0.2, 0.25) is 0 Å². The number of phosphoric acid groups is 1. The van der Waals surface area contributed by atoms with Crippen molar-refractivity contribution in [3.05, 3.63) is 60.8 Å². The van der Waals surface area contributed by atoms with Crippen LogP contribution >= 0.6 is 7.82 Å². The van der Waals surface area contributed by atoms with E-state index in [2.05, 4.69) is 54.8 Å². The second-order valence-electron chi connectivity index (χ2n) is 15.7. The lowest BCUT2D eigenvalue weighted by molar-refractivity contribution is -0.161. The quantitative estimate of drug-likeness (QED) is 0.0151. The zero-order chi connectivity index (χ0) is 44.3. The zero-order valence-electron chi connectivity index (χ0n) is 36.5. The highest BCUT2D eigenvalue weighted by atomic mass is 31.2. The van der Waals surface area contributed by atoms with E-state index in [1.54, 1.807) is 6.08 Å². The predicted molar refractivity (Wildman–Crippen MR) is 235 cm³/mol. The highest BCUT2D eigenvalue weighted by molar-refractivity contribution is 7.47. The lowest BCUT2D eigenvalue weighted by Gasteiger charge is -2.20. The van der Waals surface area contributed by atoms with Crippen LogP contribution in [-0.2, 0) is 32.7 Å². The van der Waals surface area contributed by atoms with Gasteiger partial charge in [-0.25, -0.2) is 4.57 Å². The van der Waals surface area contributed by atoms with Gasteiger partial charge in [-0.05, 0) is 76.5 Å². The number of phosphoric ester groups is 1. The first-order chi connectivity index (χ1) is 28.9. The molecule has 0 heterocycles. The number of hydrogen-bond donors (Lipinski definition) is 6. The fraction of sp³-hybridized carbons (Fsp3) is 0.739. The first-order valence-corrected chi connectivity index (χ1v) is 24.0. The molecule has 8 atom stereocenters. The highest BCUT2D eigenvalue weighted by Gasteiger charge is 2.39. The molecule has 0 aliphatic heterocycles. The van der Waals surface area contributed by atoms with E-state index in [1.807, 2.05) is 18.2 Å². The summed E-state index contributed by atoms with van der Waals surface area (Å²) in [6.07, 6.45) is 32.8. The number of carbonyl (C=O) groups excluding carboxylic acids is 2. The van der Waals surface area contributed by atoms with E-state index >= 15 is 0 Å². The van der Waals surface area contributed by atoms with Crippen molar-refractivity contribution in [3.8, 4) is 0 Å². The van der Waals surface area contributed by atoms with Gasteiger partial charge in [0.15, 0.2) is 6.10 Å². The topological polar surface area (TPSA) is 210 Å². The number of hydrogen-bond acceptors (Lipinski definition) is 12. The van der Waals surface area contributed by atoms with E-state index in [0.717, 1.165) is 64.2 Å². The number of rotatable bonds is 37. The van der Waals surface area contributed by atoms with Gasteiger partial charge in [0.25, 0.3) is 0 Å². The van der Waals surface area contributed by atoms with Crippen molar-refractivity contribution in [2.75, 3.05) is 26.4 Å². The third-order valence-electron chi connectivity index (χ3n) is 10.2. The molecule has 0 aromatic rings. The van der Waals surface area contributed by atoms with E-state index in [1.165, 1.54) is 19.3 Å².